The van der Waals surface area contributed by atoms with Crippen molar-refractivity contribution in [2.24, 2.45) is 0 Å². The summed E-state index contributed by atoms with van der Waals surface area (Å²) in [6.07, 6.45) is 0. The van der Waals surface area contributed by atoms with Crippen LogP contribution in [0.15, 0.2) is 18.2 Å². The molecular formula is C19H28N4O5. The molecule has 1 aromatic rings. The molecule has 2 saturated heterocycles. The second-order valence-electron chi connectivity index (χ2n) is 6.73. The molecule has 0 saturated carbocycles. The van der Waals surface area contributed by atoms with E-state index in [2.05, 4.69) is 10.2 Å². The van der Waals surface area contributed by atoms with Gasteiger partial charge in [-0.15, -0.1) is 0 Å². The molecule has 4 amide bonds. The van der Waals surface area contributed by atoms with Gasteiger partial charge in [0.2, 0.25) is 0 Å². The Morgan fingerprint density at radius 3 is 2.57 bits per heavy atom. The predicted octanol–water partition coefficient (Wildman–Crippen LogP) is 0.983. The number of urea groups is 2. The van der Waals surface area contributed by atoms with Crippen molar-refractivity contribution in [2.75, 3.05) is 66.7 Å². The van der Waals surface area contributed by atoms with Crippen LogP contribution >= 0.6 is 0 Å². The van der Waals surface area contributed by atoms with E-state index in [9.17, 15) is 9.59 Å². The largest absolute Gasteiger partial charge is 0.493 e. The second-order valence-corrected chi connectivity index (χ2v) is 6.73. The molecule has 2 fully saturated rings. The van der Waals surface area contributed by atoms with Crippen molar-refractivity contribution < 1.29 is 23.8 Å². The topological polar surface area (TPSA) is 83.6 Å². The van der Waals surface area contributed by atoms with E-state index < -0.39 is 0 Å². The smallest absolute Gasteiger partial charge is 0.328 e. The number of nitrogens with zero attached hydrogens (tertiary/aromatic N) is 3. The molecule has 2 aliphatic rings. The number of methoxy groups -OCH3 is 2. The van der Waals surface area contributed by atoms with Gasteiger partial charge in [-0.25, -0.2) is 14.5 Å². The van der Waals surface area contributed by atoms with Gasteiger partial charge in [0.05, 0.1) is 27.4 Å². The van der Waals surface area contributed by atoms with Gasteiger partial charge in [0.1, 0.15) is 0 Å². The van der Waals surface area contributed by atoms with Crippen molar-refractivity contribution in [3.63, 3.8) is 0 Å². The highest BCUT2D eigenvalue weighted by atomic mass is 16.5. The van der Waals surface area contributed by atoms with E-state index in [1.54, 1.807) is 19.1 Å². The fourth-order valence-corrected chi connectivity index (χ4v) is 3.35. The molecule has 28 heavy (non-hydrogen) atoms. The van der Waals surface area contributed by atoms with Crippen molar-refractivity contribution in [2.45, 2.75) is 6.54 Å². The Morgan fingerprint density at radius 2 is 1.93 bits per heavy atom. The summed E-state index contributed by atoms with van der Waals surface area (Å²) in [6.45, 7) is 5.62. The number of carbonyl (C=O) groups is 2. The molecule has 0 radical (unpaired) electrons. The third-order valence-electron chi connectivity index (χ3n) is 4.97. The Bertz CT molecular complexity index is 693. The highest BCUT2D eigenvalue weighted by molar-refractivity contribution is 5.94. The first-order chi connectivity index (χ1) is 13.6. The molecule has 1 aromatic carbocycles. The molecule has 154 valence electrons. The summed E-state index contributed by atoms with van der Waals surface area (Å²) in [5.74, 6) is 1.25. The number of carbonyl (C=O) groups excluding carboxylic acids is 2. The first-order valence-electron chi connectivity index (χ1n) is 9.47. The van der Waals surface area contributed by atoms with Gasteiger partial charge in [-0.3, -0.25) is 4.90 Å². The van der Waals surface area contributed by atoms with Crippen molar-refractivity contribution >= 4 is 12.1 Å². The van der Waals surface area contributed by atoms with Crippen LogP contribution in [0.25, 0.3) is 0 Å². The van der Waals surface area contributed by atoms with Crippen molar-refractivity contribution in [1.82, 2.24) is 20.0 Å². The average Bonchev–Trinajstić information content (AvgIpc) is 3.17. The number of ether oxygens (including phenoxy) is 3. The zero-order valence-corrected chi connectivity index (χ0v) is 16.5. The van der Waals surface area contributed by atoms with Gasteiger partial charge in [-0.05, 0) is 17.7 Å². The third kappa shape index (κ3) is 4.85. The van der Waals surface area contributed by atoms with Crippen LogP contribution in [0, 0.1) is 0 Å². The Kier molecular flexibility index (Phi) is 6.94. The number of nitrogens with one attached hydrogen (secondary N) is 1. The first kappa shape index (κ1) is 20.2. The summed E-state index contributed by atoms with van der Waals surface area (Å²) in [5, 5.41) is 2.68. The average molecular weight is 392 g/mol. The zero-order chi connectivity index (χ0) is 19.9. The fraction of sp³-hybridized carbons (Fsp3) is 0.579. The number of hydrogen-bond acceptors (Lipinski definition) is 6. The third-order valence-corrected chi connectivity index (χ3v) is 4.97. The predicted molar refractivity (Wildman–Crippen MR) is 103 cm³/mol. The monoisotopic (exact) mass is 392 g/mol. The summed E-state index contributed by atoms with van der Waals surface area (Å²) in [6, 6.07) is 4.96. The lowest BCUT2D eigenvalue weighted by molar-refractivity contribution is 0.0341. The van der Waals surface area contributed by atoms with E-state index >= 15 is 0 Å². The van der Waals surface area contributed by atoms with Crippen LogP contribution in [-0.4, -0.2) is 93.5 Å². The van der Waals surface area contributed by atoms with Crippen LogP contribution in [0.5, 0.6) is 11.5 Å². The van der Waals surface area contributed by atoms with Crippen LogP contribution < -0.4 is 14.8 Å². The summed E-state index contributed by atoms with van der Waals surface area (Å²) in [4.78, 5) is 30.2. The quantitative estimate of drug-likeness (QED) is 0.745. The van der Waals surface area contributed by atoms with E-state index in [0.717, 1.165) is 25.2 Å². The Labute approximate surface area is 165 Å². The Hall–Kier alpha value is -2.52. The molecule has 0 spiro atoms. The standard InChI is InChI=1S/C19H28N4O5/c1-26-16-4-3-15(13-17(16)27-2)14-22(8-7-21-9-11-28-12-10-21)19(25)23-6-5-20-18(23)24/h3-4,13H,5-12,14H2,1-2H3,(H,20,24). The maximum atomic E-state index is 13.0. The molecule has 2 aliphatic heterocycles. The fourth-order valence-electron chi connectivity index (χ4n) is 3.35. The number of imide groups is 1. The van der Waals surface area contributed by atoms with Crippen LogP contribution in [0.4, 0.5) is 9.59 Å². The minimum Gasteiger partial charge on any atom is -0.493 e. The SMILES string of the molecule is COc1ccc(CN(CCN2CCOCC2)C(=O)N2CCNC2=O)cc1OC. The Morgan fingerprint density at radius 1 is 1.18 bits per heavy atom. The van der Waals surface area contributed by atoms with Crippen LogP contribution in [0.3, 0.4) is 0 Å². The summed E-state index contributed by atoms with van der Waals surface area (Å²) >= 11 is 0. The maximum Gasteiger partial charge on any atom is 0.328 e. The summed E-state index contributed by atoms with van der Waals surface area (Å²) < 4.78 is 16.0. The van der Waals surface area contributed by atoms with Crippen LogP contribution in [0.2, 0.25) is 0 Å². The molecule has 9 nitrogen and oxygen atoms in total. The lowest BCUT2D eigenvalue weighted by Crippen LogP contribution is -2.48. The molecule has 2 heterocycles. The van der Waals surface area contributed by atoms with Crippen LogP contribution in [0.1, 0.15) is 5.56 Å². The molecule has 0 bridgehead atoms. The molecule has 3 rings (SSSR count). The molecular weight excluding hydrogens is 364 g/mol. The van der Waals surface area contributed by atoms with Gasteiger partial charge in [-0.1, -0.05) is 6.07 Å². The van der Waals surface area contributed by atoms with E-state index in [-0.39, 0.29) is 12.1 Å². The maximum absolute atomic E-state index is 13.0. The minimum atomic E-state index is -0.339. The molecule has 0 unspecified atom stereocenters. The Balaban J connectivity index is 1.72. The van der Waals surface area contributed by atoms with Gasteiger partial charge in [0.15, 0.2) is 11.5 Å². The van der Waals surface area contributed by atoms with Gasteiger partial charge in [0.25, 0.3) is 0 Å². The number of rotatable bonds is 7. The summed E-state index contributed by atoms with van der Waals surface area (Å²) in [7, 11) is 3.17. The number of hydrogen-bond donors (Lipinski definition) is 1. The van der Waals surface area contributed by atoms with E-state index in [1.165, 1.54) is 4.90 Å². The zero-order valence-electron chi connectivity index (χ0n) is 16.5. The van der Waals surface area contributed by atoms with E-state index in [0.29, 0.717) is 50.9 Å². The molecule has 1 N–H and O–H groups in total. The van der Waals surface area contributed by atoms with Gasteiger partial charge < -0.3 is 24.4 Å². The van der Waals surface area contributed by atoms with E-state index in [4.69, 9.17) is 14.2 Å². The van der Waals surface area contributed by atoms with Gasteiger partial charge in [-0.2, -0.15) is 0 Å². The summed E-state index contributed by atoms with van der Waals surface area (Å²) in [5.41, 5.74) is 0.910. The van der Waals surface area contributed by atoms with E-state index in [1.807, 2.05) is 18.2 Å². The lowest BCUT2D eigenvalue weighted by Gasteiger charge is -2.31. The number of benzene rings is 1. The normalized spacial score (nSPS) is 17.4. The molecule has 0 aromatic heterocycles. The highest BCUT2D eigenvalue weighted by Gasteiger charge is 2.30. The first-order valence-corrected chi connectivity index (χ1v) is 9.47. The van der Waals surface area contributed by atoms with Crippen molar-refractivity contribution in [3.05, 3.63) is 23.8 Å². The van der Waals surface area contributed by atoms with Crippen LogP contribution in [-0.2, 0) is 11.3 Å². The van der Waals surface area contributed by atoms with Crippen molar-refractivity contribution in [1.29, 1.82) is 0 Å². The lowest BCUT2D eigenvalue weighted by atomic mass is 10.2. The van der Waals surface area contributed by atoms with Gasteiger partial charge >= 0.3 is 12.1 Å². The van der Waals surface area contributed by atoms with Crippen molar-refractivity contribution in [3.8, 4) is 11.5 Å². The van der Waals surface area contributed by atoms with Gasteiger partial charge in [0, 0.05) is 45.8 Å². The highest BCUT2D eigenvalue weighted by Crippen LogP contribution is 2.28. The number of amides is 4. The number of morpholine rings is 1. The molecule has 0 atom stereocenters. The molecule has 9 heteroatoms. The minimum absolute atomic E-state index is 0.280. The molecule has 0 aliphatic carbocycles. The second kappa shape index (κ2) is 9.61.